The van der Waals surface area contributed by atoms with E-state index in [4.69, 9.17) is 4.74 Å². The third kappa shape index (κ3) is 4.47. The molecule has 0 radical (unpaired) electrons. The van der Waals surface area contributed by atoms with Gasteiger partial charge < -0.3 is 15.0 Å². The number of anilines is 1. The van der Waals surface area contributed by atoms with Crippen LogP contribution < -0.4 is 5.32 Å². The second-order valence-electron chi connectivity index (χ2n) is 6.24. The zero-order chi connectivity index (χ0) is 18.5. The van der Waals surface area contributed by atoms with E-state index in [9.17, 15) is 14.0 Å². The molecule has 1 unspecified atom stereocenters. The van der Waals surface area contributed by atoms with E-state index in [0.717, 1.165) is 4.88 Å². The molecule has 2 aromatic rings. The number of morpholine rings is 1. The molecule has 1 N–H and O–H groups in total. The van der Waals surface area contributed by atoms with Crippen LogP contribution >= 0.6 is 11.3 Å². The molecule has 1 aromatic heterocycles. The highest BCUT2D eigenvalue weighted by Crippen LogP contribution is 2.20. The largest absolute Gasteiger partial charge is 0.377 e. The number of rotatable bonds is 5. The number of carbonyl (C=O) groups is 2. The van der Waals surface area contributed by atoms with Gasteiger partial charge in [0.2, 0.25) is 11.8 Å². The fourth-order valence-corrected chi connectivity index (χ4v) is 3.67. The number of amides is 2. The Morgan fingerprint density at radius 2 is 2.19 bits per heavy atom. The molecule has 1 saturated heterocycles. The first-order chi connectivity index (χ1) is 12.5. The van der Waals surface area contributed by atoms with Crippen molar-refractivity contribution in [2.45, 2.75) is 25.8 Å². The van der Waals surface area contributed by atoms with Gasteiger partial charge >= 0.3 is 0 Å². The molecular weight excluding hydrogens is 355 g/mol. The molecule has 138 valence electrons. The predicted molar refractivity (Wildman–Crippen MR) is 98.7 cm³/mol. The Kier molecular flexibility index (Phi) is 6.00. The molecule has 1 fully saturated rings. The normalized spacial score (nSPS) is 17.2. The minimum absolute atomic E-state index is 0.00418. The fraction of sp³-hybridized carbons (Fsp3) is 0.368. The van der Waals surface area contributed by atoms with Crippen LogP contribution in [0.5, 0.6) is 0 Å². The van der Waals surface area contributed by atoms with Crippen LogP contribution in [-0.4, -0.2) is 42.5 Å². The zero-order valence-electron chi connectivity index (χ0n) is 14.5. The Morgan fingerprint density at radius 1 is 1.35 bits per heavy atom. The minimum Gasteiger partial charge on any atom is -0.377 e. The molecule has 0 bridgehead atoms. The number of hydrogen-bond donors (Lipinski definition) is 1. The summed E-state index contributed by atoms with van der Waals surface area (Å²) in [5.74, 6) is -0.629. The highest BCUT2D eigenvalue weighted by Gasteiger charge is 2.29. The van der Waals surface area contributed by atoms with Crippen LogP contribution in [0.2, 0.25) is 0 Å². The summed E-state index contributed by atoms with van der Waals surface area (Å²) in [6.07, 6.45) is 0.449. The number of thiophene rings is 1. The van der Waals surface area contributed by atoms with E-state index in [1.807, 2.05) is 17.5 Å². The van der Waals surface area contributed by atoms with Gasteiger partial charge in [-0.25, -0.2) is 4.39 Å². The quantitative estimate of drug-likeness (QED) is 0.873. The average molecular weight is 376 g/mol. The first kappa shape index (κ1) is 18.5. The smallest absolute Gasteiger partial charge is 0.228 e. The van der Waals surface area contributed by atoms with E-state index < -0.39 is 0 Å². The van der Waals surface area contributed by atoms with Crippen LogP contribution in [0.25, 0.3) is 0 Å². The fourth-order valence-electron chi connectivity index (χ4n) is 2.97. The Morgan fingerprint density at radius 3 is 2.96 bits per heavy atom. The van der Waals surface area contributed by atoms with Crippen LogP contribution in [0.15, 0.2) is 35.7 Å². The summed E-state index contributed by atoms with van der Waals surface area (Å²) in [5, 5.41) is 4.67. The molecule has 0 spiro atoms. The molecule has 0 aliphatic carbocycles. The standard InChI is InChI=1S/C19H21FN2O3S/c1-13-16(20)5-2-6-17(13)21-18(23)10-14-12-25-8-7-22(14)19(24)11-15-4-3-9-26-15/h2-6,9,14H,7-8,10-12H2,1H3,(H,21,23). The maximum Gasteiger partial charge on any atom is 0.228 e. The van der Waals surface area contributed by atoms with Gasteiger partial charge in [0.1, 0.15) is 5.82 Å². The maximum absolute atomic E-state index is 13.6. The summed E-state index contributed by atoms with van der Waals surface area (Å²) in [6.45, 7) is 2.88. The van der Waals surface area contributed by atoms with Crippen LogP contribution in [0.1, 0.15) is 16.9 Å². The van der Waals surface area contributed by atoms with Crippen LogP contribution in [0.3, 0.4) is 0 Å². The molecule has 26 heavy (non-hydrogen) atoms. The summed E-state index contributed by atoms with van der Waals surface area (Å²) in [4.78, 5) is 27.7. The Labute approximate surface area is 155 Å². The number of carbonyl (C=O) groups excluding carboxylic acids is 2. The molecule has 2 heterocycles. The van der Waals surface area contributed by atoms with Crippen molar-refractivity contribution >= 4 is 28.8 Å². The van der Waals surface area contributed by atoms with Gasteiger partial charge in [-0.15, -0.1) is 11.3 Å². The Hall–Kier alpha value is -2.25. The topological polar surface area (TPSA) is 58.6 Å². The maximum atomic E-state index is 13.6. The zero-order valence-corrected chi connectivity index (χ0v) is 15.4. The van der Waals surface area contributed by atoms with Crippen molar-refractivity contribution in [2.75, 3.05) is 25.1 Å². The molecule has 2 amide bonds. The molecule has 0 saturated carbocycles. The van der Waals surface area contributed by atoms with Gasteiger partial charge in [-0.3, -0.25) is 9.59 Å². The lowest BCUT2D eigenvalue weighted by Crippen LogP contribution is -2.50. The lowest BCUT2D eigenvalue weighted by Gasteiger charge is -2.35. The number of benzene rings is 1. The van der Waals surface area contributed by atoms with Crippen molar-refractivity contribution in [3.05, 3.63) is 52.0 Å². The second kappa shape index (κ2) is 8.42. The molecule has 3 rings (SSSR count). The third-order valence-corrected chi connectivity index (χ3v) is 5.29. The average Bonchev–Trinajstić information content (AvgIpc) is 3.12. The van der Waals surface area contributed by atoms with Gasteiger partial charge in [0.15, 0.2) is 0 Å². The van der Waals surface area contributed by atoms with Crippen molar-refractivity contribution in [2.24, 2.45) is 0 Å². The second-order valence-corrected chi connectivity index (χ2v) is 7.27. The van der Waals surface area contributed by atoms with E-state index in [0.29, 0.717) is 37.4 Å². The first-order valence-electron chi connectivity index (χ1n) is 8.49. The number of nitrogens with one attached hydrogen (secondary N) is 1. The van der Waals surface area contributed by atoms with Gasteiger partial charge in [-0.05, 0) is 30.5 Å². The Bertz CT molecular complexity index is 779. The highest BCUT2D eigenvalue weighted by molar-refractivity contribution is 7.10. The van der Waals surface area contributed by atoms with E-state index >= 15 is 0 Å². The minimum atomic E-state index is -0.364. The van der Waals surface area contributed by atoms with Crippen molar-refractivity contribution in [1.29, 1.82) is 0 Å². The summed E-state index contributed by atoms with van der Waals surface area (Å²) < 4.78 is 19.1. The molecule has 5 nitrogen and oxygen atoms in total. The lowest BCUT2D eigenvalue weighted by molar-refractivity contribution is -0.140. The van der Waals surface area contributed by atoms with Crippen LogP contribution in [-0.2, 0) is 20.7 Å². The van der Waals surface area contributed by atoms with Crippen molar-refractivity contribution in [3.8, 4) is 0 Å². The van der Waals surface area contributed by atoms with E-state index in [2.05, 4.69) is 5.32 Å². The number of ether oxygens (including phenoxy) is 1. The summed E-state index contributed by atoms with van der Waals surface area (Å²) in [5.41, 5.74) is 0.842. The number of halogens is 1. The molecular formula is C19H21FN2O3S. The Balaban J connectivity index is 1.63. The third-order valence-electron chi connectivity index (χ3n) is 4.42. The molecule has 1 aliphatic heterocycles. The summed E-state index contributed by atoms with van der Waals surface area (Å²) in [6, 6.07) is 8.10. The van der Waals surface area contributed by atoms with Crippen LogP contribution in [0, 0.1) is 12.7 Å². The number of nitrogens with zero attached hydrogens (tertiary/aromatic N) is 1. The summed E-state index contributed by atoms with van der Waals surface area (Å²) >= 11 is 1.54. The molecule has 7 heteroatoms. The molecule has 1 aromatic carbocycles. The van der Waals surface area contributed by atoms with E-state index in [-0.39, 0.29) is 30.1 Å². The van der Waals surface area contributed by atoms with E-state index in [1.54, 1.807) is 35.3 Å². The monoisotopic (exact) mass is 376 g/mol. The highest BCUT2D eigenvalue weighted by atomic mass is 32.1. The SMILES string of the molecule is Cc1c(F)cccc1NC(=O)CC1COCCN1C(=O)Cc1cccs1. The predicted octanol–water partition coefficient (Wildman–Crippen LogP) is 2.99. The lowest BCUT2D eigenvalue weighted by atomic mass is 10.1. The van der Waals surface area contributed by atoms with Gasteiger partial charge in [-0.1, -0.05) is 12.1 Å². The van der Waals surface area contributed by atoms with Gasteiger partial charge in [-0.2, -0.15) is 0 Å². The van der Waals surface area contributed by atoms with Crippen molar-refractivity contribution in [3.63, 3.8) is 0 Å². The van der Waals surface area contributed by atoms with Gasteiger partial charge in [0, 0.05) is 29.1 Å². The van der Waals surface area contributed by atoms with Gasteiger partial charge in [0.05, 0.1) is 25.7 Å². The molecule has 1 atom stereocenters. The van der Waals surface area contributed by atoms with Crippen molar-refractivity contribution < 1.29 is 18.7 Å². The first-order valence-corrected chi connectivity index (χ1v) is 9.37. The van der Waals surface area contributed by atoms with Crippen LogP contribution in [0.4, 0.5) is 10.1 Å². The summed E-state index contributed by atoms with van der Waals surface area (Å²) in [7, 11) is 0. The molecule has 1 aliphatic rings. The number of hydrogen-bond acceptors (Lipinski definition) is 4. The van der Waals surface area contributed by atoms with Gasteiger partial charge in [0.25, 0.3) is 0 Å². The van der Waals surface area contributed by atoms with E-state index in [1.165, 1.54) is 6.07 Å². The van der Waals surface area contributed by atoms with Crippen molar-refractivity contribution in [1.82, 2.24) is 4.90 Å².